The average molecular weight is 316 g/mol. The van der Waals surface area contributed by atoms with E-state index in [1.165, 1.54) is 12.1 Å². The standard InChI is InChI=1S/C13H16O7S/c1-7-2-4-8(5-3-7)21(16,17)20-12-11(15)10(14)9-6-18-13(12)19-9/h2-5,9-15H,6H2,1H3/t9-,10-,11+,12-,13-/m0/s1. The number of hydrogen-bond acceptors (Lipinski definition) is 7. The molecule has 5 atom stereocenters. The molecule has 1 aromatic carbocycles. The van der Waals surface area contributed by atoms with Crippen LogP contribution in [0.15, 0.2) is 29.2 Å². The first-order valence-corrected chi connectivity index (χ1v) is 7.92. The molecular formula is C13H16O7S. The molecule has 2 saturated heterocycles. The number of aryl methyl sites for hydroxylation is 1. The summed E-state index contributed by atoms with van der Waals surface area (Å²) in [5.41, 5.74) is 0.910. The topological polar surface area (TPSA) is 102 Å². The van der Waals surface area contributed by atoms with Crippen LogP contribution in [-0.4, -0.2) is 55.9 Å². The quantitative estimate of drug-likeness (QED) is 0.728. The first-order valence-electron chi connectivity index (χ1n) is 6.51. The smallest absolute Gasteiger partial charge is 0.297 e. The van der Waals surface area contributed by atoms with Crippen LogP contribution >= 0.6 is 0 Å². The maximum absolute atomic E-state index is 12.2. The third-order valence-corrected chi connectivity index (χ3v) is 4.94. The second-order valence-corrected chi connectivity index (χ2v) is 6.76. The van der Waals surface area contributed by atoms with E-state index in [0.717, 1.165) is 5.56 Å². The van der Waals surface area contributed by atoms with Crippen LogP contribution in [0.2, 0.25) is 0 Å². The summed E-state index contributed by atoms with van der Waals surface area (Å²) >= 11 is 0. The fourth-order valence-electron chi connectivity index (χ4n) is 2.38. The summed E-state index contributed by atoms with van der Waals surface area (Å²) in [6, 6.07) is 6.10. The minimum atomic E-state index is -4.09. The second kappa shape index (κ2) is 5.31. The van der Waals surface area contributed by atoms with Crippen LogP contribution < -0.4 is 0 Å². The second-order valence-electron chi connectivity index (χ2n) is 5.19. The van der Waals surface area contributed by atoms with E-state index in [1.807, 2.05) is 6.92 Å². The molecule has 116 valence electrons. The van der Waals surface area contributed by atoms with Gasteiger partial charge in [-0.1, -0.05) is 17.7 Å². The first-order chi connectivity index (χ1) is 9.88. The summed E-state index contributed by atoms with van der Waals surface area (Å²) in [6.45, 7) is 1.92. The lowest BCUT2D eigenvalue weighted by atomic mass is 10.0. The van der Waals surface area contributed by atoms with Crippen LogP contribution in [0.5, 0.6) is 0 Å². The number of rotatable bonds is 3. The Morgan fingerprint density at radius 2 is 1.86 bits per heavy atom. The van der Waals surface area contributed by atoms with E-state index >= 15 is 0 Å². The first kappa shape index (κ1) is 14.9. The summed E-state index contributed by atoms with van der Waals surface area (Å²) in [4.78, 5) is -0.0325. The summed E-state index contributed by atoms with van der Waals surface area (Å²) in [7, 11) is -4.09. The van der Waals surface area contributed by atoms with E-state index < -0.39 is 40.8 Å². The van der Waals surface area contributed by atoms with Gasteiger partial charge in [-0.05, 0) is 19.1 Å². The van der Waals surface area contributed by atoms with E-state index in [2.05, 4.69) is 0 Å². The van der Waals surface area contributed by atoms with Gasteiger partial charge in [0.25, 0.3) is 10.1 Å². The fourth-order valence-corrected chi connectivity index (χ4v) is 3.45. The number of benzene rings is 1. The molecule has 2 heterocycles. The van der Waals surface area contributed by atoms with Crippen molar-refractivity contribution in [3.05, 3.63) is 29.8 Å². The van der Waals surface area contributed by atoms with Crippen molar-refractivity contribution in [2.45, 2.75) is 42.5 Å². The third-order valence-electron chi connectivity index (χ3n) is 3.62. The lowest BCUT2D eigenvalue weighted by molar-refractivity contribution is -0.219. The number of ether oxygens (including phenoxy) is 2. The molecule has 0 unspecified atom stereocenters. The Morgan fingerprint density at radius 3 is 2.52 bits per heavy atom. The maximum Gasteiger partial charge on any atom is 0.297 e. The highest BCUT2D eigenvalue weighted by atomic mass is 32.2. The van der Waals surface area contributed by atoms with Crippen LogP contribution in [0, 0.1) is 6.92 Å². The highest BCUT2D eigenvalue weighted by Gasteiger charge is 2.52. The molecule has 0 aliphatic carbocycles. The van der Waals surface area contributed by atoms with Crippen LogP contribution in [0.3, 0.4) is 0 Å². The molecule has 2 aliphatic rings. The van der Waals surface area contributed by atoms with Gasteiger partial charge in [-0.25, -0.2) is 0 Å². The van der Waals surface area contributed by atoms with Crippen molar-refractivity contribution in [2.24, 2.45) is 0 Å². The van der Waals surface area contributed by atoms with Crippen molar-refractivity contribution in [1.82, 2.24) is 0 Å². The van der Waals surface area contributed by atoms with Gasteiger partial charge >= 0.3 is 0 Å². The lowest BCUT2D eigenvalue weighted by Gasteiger charge is -2.34. The monoisotopic (exact) mass is 316 g/mol. The number of hydrogen-bond donors (Lipinski definition) is 2. The van der Waals surface area contributed by atoms with Crippen LogP contribution in [0.1, 0.15) is 5.56 Å². The number of fused-ring (bicyclic) bond motifs is 2. The Hall–Kier alpha value is -1.03. The molecule has 2 fully saturated rings. The minimum absolute atomic E-state index is 0.0325. The van der Waals surface area contributed by atoms with Gasteiger partial charge < -0.3 is 19.7 Å². The van der Waals surface area contributed by atoms with E-state index in [-0.39, 0.29) is 11.5 Å². The van der Waals surface area contributed by atoms with E-state index in [1.54, 1.807) is 12.1 Å². The normalized spacial score (nSPS) is 35.9. The van der Waals surface area contributed by atoms with E-state index in [0.29, 0.717) is 0 Å². The largest absolute Gasteiger partial charge is 0.387 e. The number of aliphatic hydroxyl groups is 2. The van der Waals surface area contributed by atoms with Gasteiger partial charge in [0.15, 0.2) is 12.4 Å². The van der Waals surface area contributed by atoms with Crippen LogP contribution in [-0.2, 0) is 23.8 Å². The zero-order valence-electron chi connectivity index (χ0n) is 11.2. The number of aliphatic hydroxyl groups excluding tert-OH is 2. The van der Waals surface area contributed by atoms with Gasteiger partial charge in [-0.15, -0.1) is 0 Å². The molecule has 2 aliphatic heterocycles. The molecule has 2 bridgehead atoms. The Labute approximate surface area is 122 Å². The van der Waals surface area contributed by atoms with Crippen LogP contribution in [0.25, 0.3) is 0 Å². The molecule has 7 nitrogen and oxygen atoms in total. The molecule has 0 aromatic heterocycles. The molecule has 3 rings (SSSR count). The Kier molecular flexibility index (Phi) is 3.76. The molecule has 2 N–H and O–H groups in total. The molecule has 21 heavy (non-hydrogen) atoms. The van der Waals surface area contributed by atoms with Gasteiger partial charge in [0.1, 0.15) is 18.3 Å². The van der Waals surface area contributed by atoms with E-state index in [4.69, 9.17) is 13.7 Å². The van der Waals surface area contributed by atoms with Crippen molar-refractivity contribution in [2.75, 3.05) is 6.61 Å². The van der Waals surface area contributed by atoms with Gasteiger partial charge in [-0.2, -0.15) is 8.42 Å². The van der Waals surface area contributed by atoms with Gasteiger partial charge in [0, 0.05) is 0 Å². The van der Waals surface area contributed by atoms with Gasteiger partial charge in [0.05, 0.1) is 11.5 Å². The van der Waals surface area contributed by atoms with Crippen molar-refractivity contribution in [1.29, 1.82) is 0 Å². The maximum atomic E-state index is 12.2. The van der Waals surface area contributed by atoms with Crippen molar-refractivity contribution >= 4 is 10.1 Å². The zero-order valence-corrected chi connectivity index (χ0v) is 12.1. The summed E-state index contributed by atoms with van der Waals surface area (Å²) in [6.07, 6.45) is -5.61. The summed E-state index contributed by atoms with van der Waals surface area (Å²) < 4.78 is 39.9. The Balaban J connectivity index is 1.83. The van der Waals surface area contributed by atoms with Crippen LogP contribution in [0.4, 0.5) is 0 Å². The van der Waals surface area contributed by atoms with Gasteiger partial charge in [-0.3, -0.25) is 4.18 Å². The molecule has 0 amide bonds. The Morgan fingerprint density at radius 1 is 1.19 bits per heavy atom. The highest BCUT2D eigenvalue weighted by Crippen LogP contribution is 2.32. The molecular weight excluding hydrogens is 300 g/mol. The zero-order chi connectivity index (χ0) is 15.2. The third kappa shape index (κ3) is 2.70. The lowest BCUT2D eigenvalue weighted by Crippen LogP contribution is -2.55. The highest BCUT2D eigenvalue weighted by molar-refractivity contribution is 7.86. The van der Waals surface area contributed by atoms with Crippen molar-refractivity contribution < 1.29 is 32.3 Å². The van der Waals surface area contributed by atoms with E-state index in [9.17, 15) is 18.6 Å². The summed E-state index contributed by atoms with van der Waals surface area (Å²) in [5, 5.41) is 19.8. The predicted octanol–water partition coefficient (Wildman–Crippen LogP) is -0.454. The molecule has 0 radical (unpaired) electrons. The minimum Gasteiger partial charge on any atom is -0.387 e. The predicted molar refractivity (Wildman–Crippen MR) is 69.9 cm³/mol. The molecule has 0 saturated carbocycles. The molecule has 1 aromatic rings. The molecule has 0 spiro atoms. The average Bonchev–Trinajstić information content (AvgIpc) is 2.89. The fraction of sp³-hybridized carbons (Fsp3) is 0.538. The molecule has 8 heteroatoms. The summed E-state index contributed by atoms with van der Waals surface area (Å²) in [5.74, 6) is 0. The SMILES string of the molecule is Cc1ccc(S(=O)(=O)O[C@@H]2[C@H]3OC[C@H](O3)[C@H](O)[C@H]2O)cc1. The van der Waals surface area contributed by atoms with Crippen molar-refractivity contribution in [3.63, 3.8) is 0 Å². The Bertz CT molecular complexity index is 612. The van der Waals surface area contributed by atoms with Crippen molar-refractivity contribution in [3.8, 4) is 0 Å². The van der Waals surface area contributed by atoms with Gasteiger partial charge in [0.2, 0.25) is 0 Å².